The molecule has 2 nitrogen and oxygen atoms in total. The first-order valence-corrected chi connectivity index (χ1v) is 4.60. The molecule has 0 radical (unpaired) electrons. The smallest absolute Gasteiger partial charge is 0.196 e. The van der Waals surface area contributed by atoms with Gasteiger partial charge in [0.25, 0.3) is 0 Å². The molecule has 0 heterocycles. The molecular weight excluding hydrogens is 202 g/mol. The molecule has 4 heteroatoms. The third-order valence-electron chi connectivity index (χ3n) is 2.35. The standard InChI is InChI=1S/C11H12F2O2/c1-3-11(2,15)10(14)8-5-4-7(12)6-9(8)13/h4-6,15H,3H2,1-2H3. The first-order valence-electron chi connectivity index (χ1n) is 4.60. The van der Waals surface area contributed by atoms with E-state index >= 15 is 0 Å². The molecule has 0 aromatic heterocycles. The highest BCUT2D eigenvalue weighted by molar-refractivity contribution is 6.02. The first-order chi connectivity index (χ1) is 6.88. The molecule has 0 aliphatic rings. The Bertz CT molecular complexity index is 386. The minimum absolute atomic E-state index is 0.169. The monoisotopic (exact) mass is 214 g/mol. The second kappa shape index (κ2) is 4.06. The van der Waals surface area contributed by atoms with Crippen molar-refractivity contribution in [3.05, 3.63) is 35.4 Å². The summed E-state index contributed by atoms with van der Waals surface area (Å²) in [7, 11) is 0. The van der Waals surface area contributed by atoms with Crippen LogP contribution in [-0.2, 0) is 0 Å². The van der Waals surface area contributed by atoms with Gasteiger partial charge in [-0.3, -0.25) is 4.79 Å². The van der Waals surface area contributed by atoms with Crippen LogP contribution in [-0.4, -0.2) is 16.5 Å². The molecule has 0 aliphatic heterocycles. The fraction of sp³-hybridized carbons (Fsp3) is 0.364. The van der Waals surface area contributed by atoms with Crippen LogP contribution in [0.2, 0.25) is 0 Å². The molecule has 0 amide bonds. The largest absolute Gasteiger partial charge is 0.382 e. The van der Waals surface area contributed by atoms with Crippen molar-refractivity contribution in [2.75, 3.05) is 0 Å². The van der Waals surface area contributed by atoms with E-state index < -0.39 is 23.0 Å². The number of hydrogen-bond donors (Lipinski definition) is 1. The summed E-state index contributed by atoms with van der Waals surface area (Å²) in [6, 6.07) is 2.65. The van der Waals surface area contributed by atoms with Gasteiger partial charge in [0.05, 0.1) is 5.56 Å². The Morgan fingerprint density at radius 3 is 2.53 bits per heavy atom. The molecule has 1 N–H and O–H groups in total. The summed E-state index contributed by atoms with van der Waals surface area (Å²) in [6.45, 7) is 2.91. The maximum atomic E-state index is 13.2. The van der Waals surface area contributed by atoms with Gasteiger partial charge in [0.15, 0.2) is 5.78 Å². The van der Waals surface area contributed by atoms with Gasteiger partial charge in [-0.1, -0.05) is 6.92 Å². The highest BCUT2D eigenvalue weighted by Gasteiger charge is 2.30. The van der Waals surface area contributed by atoms with Crippen LogP contribution in [0.25, 0.3) is 0 Å². The molecule has 0 saturated carbocycles. The van der Waals surface area contributed by atoms with Gasteiger partial charge in [-0.2, -0.15) is 0 Å². The Kier molecular flexibility index (Phi) is 3.19. The van der Waals surface area contributed by atoms with Gasteiger partial charge < -0.3 is 5.11 Å². The number of ketones is 1. The van der Waals surface area contributed by atoms with Crippen molar-refractivity contribution in [1.82, 2.24) is 0 Å². The molecule has 1 atom stereocenters. The molecule has 82 valence electrons. The van der Waals surface area contributed by atoms with Gasteiger partial charge >= 0.3 is 0 Å². The van der Waals surface area contributed by atoms with Crippen molar-refractivity contribution in [2.45, 2.75) is 25.9 Å². The molecule has 15 heavy (non-hydrogen) atoms. The summed E-state index contributed by atoms with van der Waals surface area (Å²) in [4.78, 5) is 11.6. The molecule has 0 aliphatic carbocycles. The third kappa shape index (κ3) is 2.39. The average Bonchev–Trinajstić information content (AvgIpc) is 2.17. The summed E-state index contributed by atoms with van der Waals surface area (Å²) in [5.41, 5.74) is -1.90. The number of Topliss-reactive ketones (excluding diaryl/α,β-unsaturated/α-hetero) is 1. The second-order valence-electron chi connectivity index (χ2n) is 3.58. The number of halogens is 2. The number of hydrogen-bond acceptors (Lipinski definition) is 2. The van der Waals surface area contributed by atoms with E-state index in [1.807, 2.05) is 0 Å². The zero-order valence-electron chi connectivity index (χ0n) is 8.55. The van der Waals surface area contributed by atoms with Crippen molar-refractivity contribution >= 4 is 5.78 Å². The quantitative estimate of drug-likeness (QED) is 0.784. The Hall–Kier alpha value is -1.29. The van der Waals surface area contributed by atoms with E-state index in [-0.39, 0.29) is 12.0 Å². The summed E-state index contributed by atoms with van der Waals surface area (Å²) >= 11 is 0. The lowest BCUT2D eigenvalue weighted by atomic mass is 9.92. The van der Waals surface area contributed by atoms with E-state index in [0.29, 0.717) is 6.07 Å². The zero-order chi connectivity index (χ0) is 11.6. The van der Waals surface area contributed by atoms with Crippen LogP contribution in [0.5, 0.6) is 0 Å². The van der Waals surface area contributed by atoms with Crippen LogP contribution in [0.15, 0.2) is 18.2 Å². The number of rotatable bonds is 3. The maximum absolute atomic E-state index is 13.2. The molecule has 1 unspecified atom stereocenters. The number of carbonyl (C=O) groups is 1. The number of carbonyl (C=O) groups excluding carboxylic acids is 1. The van der Waals surface area contributed by atoms with Crippen LogP contribution in [0.3, 0.4) is 0 Å². The van der Waals surface area contributed by atoms with Crippen LogP contribution in [0.1, 0.15) is 30.6 Å². The highest BCUT2D eigenvalue weighted by Crippen LogP contribution is 2.19. The molecular formula is C11H12F2O2. The van der Waals surface area contributed by atoms with Gasteiger partial charge in [-0.25, -0.2) is 8.78 Å². The van der Waals surface area contributed by atoms with E-state index in [4.69, 9.17) is 0 Å². The van der Waals surface area contributed by atoms with Crippen molar-refractivity contribution in [3.8, 4) is 0 Å². The van der Waals surface area contributed by atoms with E-state index in [2.05, 4.69) is 0 Å². The number of benzene rings is 1. The molecule has 0 spiro atoms. The van der Waals surface area contributed by atoms with Crippen LogP contribution in [0.4, 0.5) is 8.78 Å². The van der Waals surface area contributed by atoms with E-state index in [1.165, 1.54) is 6.92 Å². The minimum atomic E-state index is -1.61. The molecule has 0 bridgehead atoms. The Morgan fingerprint density at radius 2 is 2.07 bits per heavy atom. The zero-order valence-corrected chi connectivity index (χ0v) is 8.55. The topological polar surface area (TPSA) is 37.3 Å². The fourth-order valence-corrected chi connectivity index (χ4v) is 1.12. The van der Waals surface area contributed by atoms with Crippen molar-refractivity contribution < 1.29 is 18.7 Å². The molecule has 1 rings (SSSR count). The van der Waals surface area contributed by atoms with Gasteiger partial charge in [-0.05, 0) is 25.5 Å². The molecule has 1 aromatic carbocycles. The fourth-order valence-electron chi connectivity index (χ4n) is 1.12. The summed E-state index contributed by atoms with van der Waals surface area (Å²) in [6.07, 6.45) is 0.169. The van der Waals surface area contributed by atoms with Crippen molar-refractivity contribution in [2.24, 2.45) is 0 Å². The van der Waals surface area contributed by atoms with E-state index in [0.717, 1.165) is 12.1 Å². The van der Waals surface area contributed by atoms with Gasteiger partial charge in [0.1, 0.15) is 17.2 Å². The maximum Gasteiger partial charge on any atom is 0.196 e. The molecule has 1 aromatic rings. The predicted octanol–water partition coefficient (Wildman–Crippen LogP) is 2.31. The lowest BCUT2D eigenvalue weighted by Gasteiger charge is -2.19. The van der Waals surface area contributed by atoms with Gasteiger partial charge in [0.2, 0.25) is 0 Å². The summed E-state index contributed by atoms with van der Waals surface area (Å²) < 4.78 is 25.8. The Labute approximate surface area is 86.5 Å². The van der Waals surface area contributed by atoms with Gasteiger partial charge in [-0.15, -0.1) is 0 Å². The molecule has 0 fully saturated rings. The van der Waals surface area contributed by atoms with E-state index in [9.17, 15) is 18.7 Å². The summed E-state index contributed by atoms with van der Waals surface area (Å²) in [5.74, 6) is -2.43. The SMILES string of the molecule is CCC(C)(O)C(=O)c1ccc(F)cc1F. The highest BCUT2D eigenvalue weighted by atomic mass is 19.1. The first kappa shape index (κ1) is 11.8. The van der Waals surface area contributed by atoms with Crippen LogP contribution < -0.4 is 0 Å². The lowest BCUT2D eigenvalue weighted by molar-refractivity contribution is 0.0386. The minimum Gasteiger partial charge on any atom is -0.382 e. The normalized spacial score (nSPS) is 14.7. The lowest BCUT2D eigenvalue weighted by Crippen LogP contribution is -2.34. The summed E-state index contributed by atoms with van der Waals surface area (Å²) in [5, 5.41) is 9.63. The van der Waals surface area contributed by atoms with Crippen molar-refractivity contribution in [3.63, 3.8) is 0 Å². The van der Waals surface area contributed by atoms with Crippen LogP contribution in [0, 0.1) is 11.6 Å². The number of aliphatic hydroxyl groups is 1. The van der Waals surface area contributed by atoms with Gasteiger partial charge in [0, 0.05) is 6.07 Å². The molecule has 0 saturated heterocycles. The Morgan fingerprint density at radius 1 is 1.47 bits per heavy atom. The van der Waals surface area contributed by atoms with Crippen LogP contribution >= 0.6 is 0 Å². The average molecular weight is 214 g/mol. The third-order valence-corrected chi connectivity index (χ3v) is 2.35. The predicted molar refractivity (Wildman–Crippen MR) is 51.6 cm³/mol. The second-order valence-corrected chi connectivity index (χ2v) is 3.58. The van der Waals surface area contributed by atoms with E-state index in [1.54, 1.807) is 6.92 Å². The van der Waals surface area contributed by atoms with Crippen molar-refractivity contribution in [1.29, 1.82) is 0 Å². The Balaban J connectivity index is 3.12.